The quantitative estimate of drug-likeness (QED) is 0.862. The van der Waals surface area contributed by atoms with E-state index in [0.29, 0.717) is 30.1 Å². The van der Waals surface area contributed by atoms with Crippen LogP contribution in [0.2, 0.25) is 0 Å². The maximum Gasteiger partial charge on any atom is 0.254 e. The van der Waals surface area contributed by atoms with Gasteiger partial charge in [0.05, 0.1) is 19.2 Å². The second-order valence-electron chi connectivity index (χ2n) is 6.39. The first-order chi connectivity index (χ1) is 12.0. The number of methoxy groups -OCH3 is 1. The SMILES string of the molecule is COc1ccc2c(c1)C(=O)N(C[C@](C)(N)C#CC1=NC=CCC=C1)C2. The molecule has 0 fully saturated rings. The van der Waals surface area contributed by atoms with Crippen molar-refractivity contribution in [1.82, 2.24) is 4.90 Å². The van der Waals surface area contributed by atoms with Crippen LogP contribution in [0.5, 0.6) is 5.75 Å². The van der Waals surface area contributed by atoms with E-state index < -0.39 is 5.54 Å². The maximum atomic E-state index is 12.6. The number of rotatable bonds is 3. The standard InChI is InChI=1S/C20H21N3O2/c1-20(21,10-9-16-6-4-3-5-11-22-16)14-23-13-15-7-8-17(25-2)12-18(15)19(23)24/h4-8,11-12H,3,13-14,21H2,1-2H3/t20-/m1/s1. The van der Waals surface area contributed by atoms with Crippen LogP contribution in [0.1, 0.15) is 29.3 Å². The number of amides is 1. The van der Waals surface area contributed by atoms with Crippen molar-refractivity contribution >= 4 is 11.6 Å². The van der Waals surface area contributed by atoms with Gasteiger partial charge in [0.25, 0.3) is 5.91 Å². The fraction of sp³-hybridized carbons (Fsp3) is 0.300. The lowest BCUT2D eigenvalue weighted by Crippen LogP contribution is -2.47. The molecule has 1 atom stereocenters. The van der Waals surface area contributed by atoms with E-state index in [4.69, 9.17) is 10.5 Å². The third-order valence-corrected chi connectivity index (χ3v) is 4.06. The zero-order chi connectivity index (χ0) is 17.9. The van der Waals surface area contributed by atoms with Gasteiger partial charge in [0.2, 0.25) is 0 Å². The average Bonchev–Trinajstić information content (AvgIpc) is 2.79. The molecule has 1 amide bonds. The minimum absolute atomic E-state index is 0.0398. The maximum absolute atomic E-state index is 12.6. The van der Waals surface area contributed by atoms with Crippen LogP contribution < -0.4 is 10.5 Å². The highest BCUT2D eigenvalue weighted by Crippen LogP contribution is 2.27. The molecule has 0 unspecified atom stereocenters. The Bertz CT molecular complexity index is 838. The van der Waals surface area contributed by atoms with Gasteiger partial charge in [-0.3, -0.25) is 4.79 Å². The summed E-state index contributed by atoms with van der Waals surface area (Å²) in [6.45, 7) is 2.71. The molecule has 0 spiro atoms. The summed E-state index contributed by atoms with van der Waals surface area (Å²) >= 11 is 0. The summed E-state index contributed by atoms with van der Waals surface area (Å²) in [6.07, 6.45) is 8.43. The van der Waals surface area contributed by atoms with Crippen LogP contribution in [0.15, 0.2) is 47.6 Å². The third-order valence-electron chi connectivity index (χ3n) is 4.06. The van der Waals surface area contributed by atoms with Gasteiger partial charge >= 0.3 is 0 Å². The number of nitrogens with two attached hydrogens (primary N) is 1. The van der Waals surface area contributed by atoms with Gasteiger partial charge in [0.15, 0.2) is 0 Å². The molecule has 1 aromatic carbocycles. The summed E-state index contributed by atoms with van der Waals surface area (Å²) in [4.78, 5) is 18.6. The largest absolute Gasteiger partial charge is 0.497 e. The summed E-state index contributed by atoms with van der Waals surface area (Å²) < 4.78 is 5.20. The molecule has 25 heavy (non-hydrogen) atoms. The van der Waals surface area contributed by atoms with Gasteiger partial charge in [-0.1, -0.05) is 24.1 Å². The number of nitrogens with zero attached hydrogens (tertiary/aromatic N) is 2. The summed E-state index contributed by atoms with van der Waals surface area (Å²) in [5, 5.41) is 0. The minimum atomic E-state index is -0.825. The predicted octanol–water partition coefficient (Wildman–Crippen LogP) is 2.29. The monoisotopic (exact) mass is 335 g/mol. The Kier molecular flexibility index (Phi) is 4.73. The zero-order valence-electron chi connectivity index (χ0n) is 14.5. The topological polar surface area (TPSA) is 67.9 Å². The predicted molar refractivity (Wildman–Crippen MR) is 98.4 cm³/mol. The van der Waals surface area contributed by atoms with Crippen molar-refractivity contribution < 1.29 is 9.53 Å². The molecule has 0 aromatic heterocycles. The summed E-state index contributed by atoms with van der Waals surface area (Å²) in [6, 6.07) is 5.55. The van der Waals surface area contributed by atoms with Crippen molar-refractivity contribution in [2.24, 2.45) is 10.7 Å². The third kappa shape index (κ3) is 3.98. The van der Waals surface area contributed by atoms with Gasteiger partial charge in [-0.25, -0.2) is 4.99 Å². The van der Waals surface area contributed by atoms with Gasteiger partial charge in [-0.2, -0.15) is 0 Å². The summed E-state index contributed by atoms with van der Waals surface area (Å²) in [7, 11) is 1.59. The van der Waals surface area contributed by atoms with Crippen molar-refractivity contribution in [2.45, 2.75) is 25.4 Å². The lowest BCUT2D eigenvalue weighted by atomic mass is 10.0. The molecular weight excluding hydrogens is 314 g/mol. The van der Waals surface area contributed by atoms with Crippen molar-refractivity contribution in [1.29, 1.82) is 0 Å². The summed E-state index contributed by atoms with van der Waals surface area (Å²) in [5.41, 5.74) is 7.82. The fourth-order valence-corrected chi connectivity index (χ4v) is 2.81. The first-order valence-electron chi connectivity index (χ1n) is 8.16. The van der Waals surface area contributed by atoms with Crippen LogP contribution in [-0.2, 0) is 6.54 Å². The number of fused-ring (bicyclic) bond motifs is 1. The van der Waals surface area contributed by atoms with E-state index in [2.05, 4.69) is 16.8 Å². The van der Waals surface area contributed by atoms with Crippen LogP contribution >= 0.6 is 0 Å². The smallest absolute Gasteiger partial charge is 0.254 e. The van der Waals surface area contributed by atoms with E-state index in [1.165, 1.54) is 0 Å². The van der Waals surface area contributed by atoms with E-state index in [1.807, 2.05) is 37.3 Å². The second-order valence-corrected chi connectivity index (χ2v) is 6.39. The van der Waals surface area contributed by atoms with Crippen LogP contribution in [0, 0.1) is 11.8 Å². The molecule has 0 aliphatic carbocycles. The molecule has 0 saturated heterocycles. The first-order valence-corrected chi connectivity index (χ1v) is 8.16. The van der Waals surface area contributed by atoms with E-state index in [1.54, 1.807) is 24.3 Å². The Hall–Kier alpha value is -2.84. The second kappa shape index (κ2) is 6.96. The van der Waals surface area contributed by atoms with Gasteiger partial charge in [-0.05, 0) is 43.0 Å². The molecule has 3 rings (SSSR count). The number of benzene rings is 1. The Morgan fingerprint density at radius 1 is 1.40 bits per heavy atom. The van der Waals surface area contributed by atoms with E-state index in [0.717, 1.165) is 12.0 Å². The number of hydrogen-bond donors (Lipinski definition) is 1. The van der Waals surface area contributed by atoms with Gasteiger partial charge in [0.1, 0.15) is 11.5 Å². The number of aliphatic imine (C=N–C) groups is 1. The van der Waals surface area contributed by atoms with Gasteiger partial charge < -0.3 is 15.4 Å². The lowest BCUT2D eigenvalue weighted by Gasteiger charge is -2.25. The van der Waals surface area contributed by atoms with E-state index in [-0.39, 0.29) is 5.91 Å². The Labute approximate surface area is 147 Å². The van der Waals surface area contributed by atoms with Crippen molar-refractivity contribution in [3.63, 3.8) is 0 Å². The molecule has 1 aromatic rings. The van der Waals surface area contributed by atoms with E-state index >= 15 is 0 Å². The average molecular weight is 335 g/mol. The highest BCUT2D eigenvalue weighted by Gasteiger charge is 2.31. The zero-order valence-corrected chi connectivity index (χ0v) is 14.5. The molecule has 0 radical (unpaired) electrons. The molecule has 5 nitrogen and oxygen atoms in total. The van der Waals surface area contributed by atoms with Crippen LogP contribution in [-0.4, -0.2) is 35.7 Å². The van der Waals surface area contributed by atoms with Crippen LogP contribution in [0.25, 0.3) is 0 Å². The summed E-state index contributed by atoms with van der Waals surface area (Å²) in [5.74, 6) is 6.69. The molecule has 5 heteroatoms. The van der Waals surface area contributed by atoms with Crippen molar-refractivity contribution in [3.8, 4) is 17.6 Å². The molecule has 0 bridgehead atoms. The molecule has 2 aliphatic rings. The number of ether oxygens (including phenoxy) is 1. The van der Waals surface area contributed by atoms with Gasteiger partial charge in [-0.15, -0.1) is 0 Å². The molecule has 0 saturated carbocycles. The Morgan fingerprint density at radius 2 is 2.24 bits per heavy atom. The lowest BCUT2D eigenvalue weighted by molar-refractivity contribution is 0.0758. The van der Waals surface area contributed by atoms with E-state index in [9.17, 15) is 4.79 Å². The van der Waals surface area contributed by atoms with Crippen molar-refractivity contribution in [2.75, 3.05) is 13.7 Å². The minimum Gasteiger partial charge on any atom is -0.497 e. The molecule has 2 aliphatic heterocycles. The number of hydrogen-bond acceptors (Lipinski definition) is 4. The highest BCUT2D eigenvalue weighted by atomic mass is 16.5. The normalized spacial score (nSPS) is 18.0. The number of allylic oxidation sites excluding steroid dienone is 3. The number of carbonyl (C=O) groups excluding carboxylic acids is 1. The molecular formula is C20H21N3O2. The van der Waals surface area contributed by atoms with Gasteiger partial charge in [0, 0.05) is 18.3 Å². The molecule has 2 heterocycles. The Morgan fingerprint density at radius 3 is 3.04 bits per heavy atom. The molecule has 2 N–H and O–H groups in total. The van der Waals surface area contributed by atoms with Crippen molar-refractivity contribution in [3.05, 3.63) is 53.8 Å². The van der Waals surface area contributed by atoms with Crippen LogP contribution in [0.4, 0.5) is 0 Å². The Balaban J connectivity index is 1.73. The molecule has 128 valence electrons. The van der Waals surface area contributed by atoms with Crippen LogP contribution in [0.3, 0.4) is 0 Å². The number of carbonyl (C=O) groups is 1. The first kappa shape index (κ1) is 17.0. The fourth-order valence-electron chi connectivity index (χ4n) is 2.81. The highest BCUT2D eigenvalue weighted by molar-refractivity contribution is 6.09.